The average molecular weight is 254 g/mol. The molecule has 0 amide bonds. The van der Waals surface area contributed by atoms with Crippen LogP contribution >= 0.6 is 0 Å². The fourth-order valence-electron chi connectivity index (χ4n) is 3.59. The number of nitrogens with two attached hydrogens (primary N) is 1. The summed E-state index contributed by atoms with van der Waals surface area (Å²) in [6, 6.07) is 0. The third-order valence-corrected chi connectivity index (χ3v) is 5.01. The molecule has 3 nitrogen and oxygen atoms in total. The summed E-state index contributed by atoms with van der Waals surface area (Å²) in [5.41, 5.74) is 6.24. The van der Waals surface area contributed by atoms with Crippen molar-refractivity contribution in [3.05, 3.63) is 0 Å². The van der Waals surface area contributed by atoms with Crippen LogP contribution in [0.25, 0.3) is 0 Å². The predicted octanol–water partition coefficient (Wildman–Crippen LogP) is 2.54. The minimum atomic E-state index is 0.0868. The van der Waals surface area contributed by atoms with Gasteiger partial charge < -0.3 is 10.5 Å². The van der Waals surface area contributed by atoms with Gasteiger partial charge in [-0.15, -0.1) is 0 Å². The molecular formula is C15H30N2O. The molecule has 1 saturated carbocycles. The molecule has 1 unspecified atom stereocenters. The van der Waals surface area contributed by atoms with Crippen molar-refractivity contribution in [2.45, 2.75) is 76.5 Å². The lowest BCUT2D eigenvalue weighted by Crippen LogP contribution is -2.52. The lowest BCUT2D eigenvalue weighted by Gasteiger charge is -2.38. The van der Waals surface area contributed by atoms with Gasteiger partial charge in [0.25, 0.3) is 0 Å². The fourth-order valence-corrected chi connectivity index (χ4v) is 3.59. The van der Waals surface area contributed by atoms with Gasteiger partial charge in [0.15, 0.2) is 0 Å². The molecule has 2 rings (SSSR count). The maximum absolute atomic E-state index is 6.40. The second kappa shape index (κ2) is 5.48. The third-order valence-electron chi connectivity index (χ3n) is 5.01. The van der Waals surface area contributed by atoms with Gasteiger partial charge in [0.1, 0.15) is 0 Å². The molecule has 2 N–H and O–H groups in total. The first-order chi connectivity index (χ1) is 8.51. The Bertz CT molecular complexity index is 272. The van der Waals surface area contributed by atoms with Crippen molar-refractivity contribution >= 4 is 0 Å². The summed E-state index contributed by atoms with van der Waals surface area (Å²) in [6.07, 6.45) is 8.23. The summed E-state index contributed by atoms with van der Waals surface area (Å²) in [7, 11) is 0. The van der Waals surface area contributed by atoms with Crippen LogP contribution in [0, 0.1) is 0 Å². The van der Waals surface area contributed by atoms with Crippen LogP contribution in [0.15, 0.2) is 0 Å². The number of nitrogens with zero attached hydrogens (tertiary/aromatic N) is 1. The Kier molecular flexibility index (Phi) is 4.35. The summed E-state index contributed by atoms with van der Waals surface area (Å²) in [5, 5.41) is 0. The van der Waals surface area contributed by atoms with E-state index in [1.807, 2.05) is 0 Å². The summed E-state index contributed by atoms with van der Waals surface area (Å²) in [4.78, 5) is 2.48. The largest absolute Gasteiger partial charge is 0.370 e. The predicted molar refractivity (Wildman–Crippen MR) is 75.7 cm³/mol. The highest BCUT2D eigenvalue weighted by Gasteiger charge is 2.43. The van der Waals surface area contributed by atoms with E-state index in [0.29, 0.717) is 12.6 Å². The van der Waals surface area contributed by atoms with E-state index in [9.17, 15) is 0 Å². The number of hydrogen-bond acceptors (Lipinski definition) is 3. The Labute approximate surface area is 112 Å². The normalized spacial score (nSPS) is 27.5. The number of rotatable bonds is 5. The lowest BCUT2D eigenvalue weighted by atomic mass is 9.98. The quantitative estimate of drug-likeness (QED) is 0.819. The molecule has 1 saturated heterocycles. The van der Waals surface area contributed by atoms with E-state index in [1.165, 1.54) is 38.5 Å². The molecule has 1 heterocycles. The van der Waals surface area contributed by atoms with Gasteiger partial charge in [-0.3, -0.25) is 4.90 Å². The van der Waals surface area contributed by atoms with E-state index in [2.05, 4.69) is 25.7 Å². The summed E-state index contributed by atoms with van der Waals surface area (Å²) >= 11 is 0. The molecule has 1 aliphatic carbocycles. The molecule has 2 aliphatic rings. The van der Waals surface area contributed by atoms with Crippen LogP contribution in [0.1, 0.15) is 59.3 Å². The van der Waals surface area contributed by atoms with Crippen LogP contribution < -0.4 is 5.73 Å². The van der Waals surface area contributed by atoms with Gasteiger partial charge in [0.2, 0.25) is 0 Å². The number of likely N-dealkylation sites (N-methyl/N-ethyl adjacent to an activating group) is 1. The minimum absolute atomic E-state index is 0.0868. The van der Waals surface area contributed by atoms with Gasteiger partial charge >= 0.3 is 0 Å². The molecule has 0 aromatic rings. The zero-order valence-corrected chi connectivity index (χ0v) is 12.4. The van der Waals surface area contributed by atoms with Crippen LogP contribution in [-0.4, -0.2) is 41.8 Å². The Morgan fingerprint density at radius 2 is 1.94 bits per heavy atom. The molecule has 0 aromatic heterocycles. The zero-order chi connectivity index (χ0) is 13.2. The van der Waals surface area contributed by atoms with E-state index in [0.717, 1.165) is 13.1 Å². The fraction of sp³-hybridized carbons (Fsp3) is 1.00. The Hall–Kier alpha value is -0.120. The smallest absolute Gasteiger partial charge is 0.0710 e. The molecule has 18 heavy (non-hydrogen) atoms. The monoisotopic (exact) mass is 254 g/mol. The molecule has 3 heteroatoms. The average Bonchev–Trinajstić information content (AvgIpc) is 2.97. The van der Waals surface area contributed by atoms with Crippen molar-refractivity contribution in [3.63, 3.8) is 0 Å². The highest BCUT2D eigenvalue weighted by atomic mass is 16.5. The molecular weight excluding hydrogens is 224 g/mol. The van der Waals surface area contributed by atoms with Crippen molar-refractivity contribution in [2.75, 3.05) is 19.6 Å². The molecule has 0 radical (unpaired) electrons. The van der Waals surface area contributed by atoms with Crippen molar-refractivity contribution < 1.29 is 4.74 Å². The number of ether oxygens (including phenoxy) is 1. The molecule has 1 aliphatic heterocycles. The van der Waals surface area contributed by atoms with Gasteiger partial charge in [-0.2, -0.15) is 0 Å². The van der Waals surface area contributed by atoms with Crippen LogP contribution in [0.2, 0.25) is 0 Å². The molecule has 0 aromatic carbocycles. The first-order valence-electron chi connectivity index (χ1n) is 7.64. The molecule has 2 fully saturated rings. The minimum Gasteiger partial charge on any atom is -0.370 e. The highest BCUT2D eigenvalue weighted by Crippen LogP contribution is 2.43. The van der Waals surface area contributed by atoms with Crippen molar-refractivity contribution in [2.24, 2.45) is 5.73 Å². The van der Waals surface area contributed by atoms with Crippen molar-refractivity contribution in [1.82, 2.24) is 4.90 Å². The second-order valence-corrected chi connectivity index (χ2v) is 6.72. The standard InChI is InChI=1S/C15H30N2O/c1-4-17(14(2,3)12-16)11-13-7-10-15(18-13)8-5-6-9-15/h13H,4-12,16H2,1-3H3. The summed E-state index contributed by atoms with van der Waals surface area (Å²) in [5.74, 6) is 0. The van der Waals surface area contributed by atoms with Gasteiger partial charge in [0.05, 0.1) is 11.7 Å². The third kappa shape index (κ3) is 2.89. The zero-order valence-electron chi connectivity index (χ0n) is 12.4. The van der Waals surface area contributed by atoms with Gasteiger partial charge in [-0.05, 0) is 46.1 Å². The van der Waals surface area contributed by atoms with Crippen molar-refractivity contribution in [1.29, 1.82) is 0 Å². The van der Waals surface area contributed by atoms with E-state index >= 15 is 0 Å². The highest BCUT2D eigenvalue weighted by molar-refractivity contribution is 4.94. The Balaban J connectivity index is 1.90. The van der Waals surface area contributed by atoms with Gasteiger partial charge in [-0.25, -0.2) is 0 Å². The topological polar surface area (TPSA) is 38.5 Å². The van der Waals surface area contributed by atoms with Crippen molar-refractivity contribution in [3.8, 4) is 0 Å². The lowest BCUT2D eigenvalue weighted by molar-refractivity contribution is -0.0562. The first kappa shape index (κ1) is 14.3. The van der Waals surface area contributed by atoms with E-state index in [1.54, 1.807) is 0 Å². The molecule has 106 valence electrons. The maximum Gasteiger partial charge on any atom is 0.0710 e. The summed E-state index contributed by atoms with van der Waals surface area (Å²) in [6.45, 7) is 9.49. The molecule has 1 spiro atoms. The van der Waals surface area contributed by atoms with Crippen LogP contribution in [0.3, 0.4) is 0 Å². The SMILES string of the molecule is CCN(CC1CCC2(CCCC2)O1)C(C)(C)CN. The Morgan fingerprint density at radius 1 is 1.28 bits per heavy atom. The molecule has 1 atom stereocenters. The molecule has 0 bridgehead atoms. The van der Waals surface area contributed by atoms with E-state index < -0.39 is 0 Å². The second-order valence-electron chi connectivity index (χ2n) is 6.72. The van der Waals surface area contributed by atoms with E-state index in [4.69, 9.17) is 10.5 Å². The van der Waals surface area contributed by atoms with Gasteiger partial charge in [-0.1, -0.05) is 19.8 Å². The first-order valence-corrected chi connectivity index (χ1v) is 7.64. The maximum atomic E-state index is 6.40. The van der Waals surface area contributed by atoms with Crippen LogP contribution in [0.4, 0.5) is 0 Å². The van der Waals surface area contributed by atoms with Crippen LogP contribution in [0.5, 0.6) is 0 Å². The van der Waals surface area contributed by atoms with Gasteiger partial charge in [0, 0.05) is 18.6 Å². The Morgan fingerprint density at radius 3 is 2.50 bits per heavy atom. The van der Waals surface area contributed by atoms with Crippen LogP contribution in [-0.2, 0) is 4.74 Å². The van der Waals surface area contributed by atoms with E-state index in [-0.39, 0.29) is 11.1 Å². The number of hydrogen-bond donors (Lipinski definition) is 1. The summed E-state index contributed by atoms with van der Waals surface area (Å²) < 4.78 is 6.40.